The van der Waals surface area contributed by atoms with Crippen molar-refractivity contribution in [3.8, 4) is 18.1 Å². The molecule has 2 N–H and O–H groups in total. The van der Waals surface area contributed by atoms with Crippen LogP contribution < -0.4 is 15.4 Å². The molecule has 0 saturated heterocycles. The molecule has 3 aromatic rings. The second kappa shape index (κ2) is 10.6. The third kappa shape index (κ3) is 5.99. The van der Waals surface area contributed by atoms with E-state index in [9.17, 15) is 9.59 Å². The van der Waals surface area contributed by atoms with Crippen molar-refractivity contribution in [1.82, 2.24) is 5.01 Å². The van der Waals surface area contributed by atoms with E-state index in [1.54, 1.807) is 78.0 Å². The number of hydrazone groups is 1. The molecule has 0 heterocycles. The number of nitrogens with zero attached hydrogens (tertiary/aromatic N) is 2. The molecule has 0 aliphatic heterocycles. The number of carbonyl (C=O) groups excluding carboxylic acids is 2. The van der Waals surface area contributed by atoms with E-state index in [0.717, 1.165) is 5.56 Å². The van der Waals surface area contributed by atoms with Gasteiger partial charge in [-0.2, -0.15) is 5.10 Å². The number of nitrogens with one attached hydrogen (secondary N) is 2. The smallest absolute Gasteiger partial charge is 0.257 e. The molecule has 0 aromatic heterocycles. The van der Waals surface area contributed by atoms with Gasteiger partial charge in [0.15, 0.2) is 0 Å². The maximum absolute atomic E-state index is 13.0. The summed E-state index contributed by atoms with van der Waals surface area (Å²) >= 11 is 0. The first kappa shape index (κ1) is 23.1. The Morgan fingerprint density at radius 1 is 0.970 bits per heavy atom. The zero-order chi connectivity index (χ0) is 23.8. The van der Waals surface area contributed by atoms with Gasteiger partial charge in [-0.15, -0.1) is 6.42 Å². The van der Waals surface area contributed by atoms with Gasteiger partial charge in [-0.05, 0) is 54.1 Å². The van der Waals surface area contributed by atoms with Gasteiger partial charge in [0.05, 0.1) is 24.6 Å². The molecule has 33 heavy (non-hydrogen) atoms. The van der Waals surface area contributed by atoms with Gasteiger partial charge in [0.2, 0.25) is 0 Å². The summed E-state index contributed by atoms with van der Waals surface area (Å²) in [6.45, 7) is 0. The molecule has 0 fully saturated rings. The number of hydrogen-bond donors (Lipinski definition) is 2. The Morgan fingerprint density at radius 2 is 1.67 bits per heavy atom. The monoisotopic (exact) mass is 440 g/mol. The predicted molar refractivity (Wildman–Crippen MR) is 131 cm³/mol. The Bertz CT molecular complexity index is 1210. The number of anilines is 2. The third-order valence-corrected chi connectivity index (χ3v) is 4.65. The second-order valence-corrected chi connectivity index (χ2v) is 7.23. The molecule has 0 aliphatic carbocycles. The summed E-state index contributed by atoms with van der Waals surface area (Å²) < 4.78 is 5.39. The first-order valence-corrected chi connectivity index (χ1v) is 10.1. The van der Waals surface area contributed by atoms with Crippen LogP contribution in [0.25, 0.3) is 0 Å². The van der Waals surface area contributed by atoms with Crippen molar-refractivity contribution in [2.45, 2.75) is 0 Å². The van der Waals surface area contributed by atoms with Crippen LogP contribution >= 0.6 is 0 Å². The fraction of sp³-hybridized carbons (Fsp3) is 0.115. The molecular formula is C26H24N4O3. The van der Waals surface area contributed by atoms with E-state index < -0.39 is 5.91 Å². The van der Waals surface area contributed by atoms with Gasteiger partial charge in [-0.1, -0.05) is 24.1 Å². The molecule has 0 atom stereocenters. The van der Waals surface area contributed by atoms with Gasteiger partial charge in [0, 0.05) is 30.9 Å². The normalized spacial score (nSPS) is 10.4. The van der Waals surface area contributed by atoms with Crippen LogP contribution in [0.4, 0.5) is 11.4 Å². The zero-order valence-corrected chi connectivity index (χ0v) is 18.6. The quantitative estimate of drug-likeness (QED) is 0.330. The molecule has 0 unspecified atom stereocenters. The van der Waals surface area contributed by atoms with Crippen LogP contribution in [0.3, 0.4) is 0 Å². The third-order valence-electron chi connectivity index (χ3n) is 4.65. The minimum absolute atomic E-state index is 0.262. The zero-order valence-electron chi connectivity index (χ0n) is 18.6. The lowest BCUT2D eigenvalue weighted by atomic mass is 10.1. The van der Waals surface area contributed by atoms with Crippen LogP contribution in [0.1, 0.15) is 31.8 Å². The predicted octanol–water partition coefficient (Wildman–Crippen LogP) is 4.08. The SMILES string of the molecule is C#Cc1ccc(NC(=O)c2cccc(OC)c2NC(=O)c2ccc(C=NN(C)C)cc2)cc1. The molecule has 7 nitrogen and oxygen atoms in total. The van der Waals surface area contributed by atoms with E-state index in [4.69, 9.17) is 11.2 Å². The van der Waals surface area contributed by atoms with Crippen molar-refractivity contribution in [3.05, 3.63) is 89.0 Å². The number of para-hydroxylation sites is 1. The lowest BCUT2D eigenvalue weighted by Gasteiger charge is -2.15. The van der Waals surface area contributed by atoms with Crippen molar-refractivity contribution >= 4 is 29.4 Å². The number of methoxy groups -OCH3 is 1. The molecule has 166 valence electrons. The van der Waals surface area contributed by atoms with Crippen molar-refractivity contribution in [1.29, 1.82) is 0 Å². The maximum atomic E-state index is 13.0. The van der Waals surface area contributed by atoms with Crippen LogP contribution in [0.2, 0.25) is 0 Å². The van der Waals surface area contributed by atoms with Gasteiger partial charge in [-0.25, -0.2) is 0 Å². The molecule has 3 aromatic carbocycles. The summed E-state index contributed by atoms with van der Waals surface area (Å²) in [5.41, 5.74) is 3.11. The molecule has 0 spiro atoms. The van der Waals surface area contributed by atoms with Gasteiger partial charge < -0.3 is 20.4 Å². The molecule has 2 amide bonds. The average Bonchev–Trinajstić information content (AvgIpc) is 2.83. The number of hydrogen-bond acceptors (Lipinski definition) is 5. The van der Waals surface area contributed by atoms with Crippen molar-refractivity contribution in [3.63, 3.8) is 0 Å². The molecule has 7 heteroatoms. The highest BCUT2D eigenvalue weighted by Crippen LogP contribution is 2.29. The van der Waals surface area contributed by atoms with Gasteiger partial charge >= 0.3 is 0 Å². The minimum atomic E-state index is -0.395. The van der Waals surface area contributed by atoms with Crippen LogP contribution in [0, 0.1) is 12.3 Å². The Balaban J connectivity index is 1.82. The molecule has 0 saturated carbocycles. The highest BCUT2D eigenvalue weighted by atomic mass is 16.5. The van der Waals surface area contributed by atoms with Gasteiger partial charge in [-0.3, -0.25) is 9.59 Å². The van der Waals surface area contributed by atoms with E-state index >= 15 is 0 Å². The second-order valence-electron chi connectivity index (χ2n) is 7.23. The Morgan fingerprint density at radius 3 is 2.27 bits per heavy atom. The van der Waals surface area contributed by atoms with E-state index in [1.165, 1.54) is 7.11 Å². The van der Waals surface area contributed by atoms with Crippen molar-refractivity contribution in [2.75, 3.05) is 31.8 Å². The molecule has 0 bridgehead atoms. The standard InChI is InChI=1S/C26H24N4O3/c1-5-18-11-15-21(16-12-18)28-26(32)22-7-6-8-23(33-4)24(22)29-25(31)20-13-9-19(10-14-20)17-27-30(2)3/h1,6-17H,2-4H3,(H,28,32)(H,29,31). The maximum Gasteiger partial charge on any atom is 0.257 e. The summed E-state index contributed by atoms with van der Waals surface area (Å²) in [6.07, 6.45) is 7.07. The average molecular weight is 441 g/mol. The molecule has 3 rings (SSSR count). The summed E-state index contributed by atoms with van der Waals surface area (Å²) in [5, 5.41) is 11.5. The fourth-order valence-electron chi connectivity index (χ4n) is 2.96. The fourth-order valence-corrected chi connectivity index (χ4v) is 2.96. The molecular weight excluding hydrogens is 416 g/mol. The van der Waals surface area contributed by atoms with Gasteiger partial charge in [0.25, 0.3) is 11.8 Å². The first-order chi connectivity index (χ1) is 15.9. The summed E-state index contributed by atoms with van der Waals surface area (Å²) in [6, 6.07) is 18.8. The first-order valence-electron chi connectivity index (χ1n) is 10.1. The Kier molecular flexibility index (Phi) is 7.45. The molecule has 0 radical (unpaired) electrons. The summed E-state index contributed by atoms with van der Waals surface area (Å²) in [5.74, 6) is 2.13. The number of rotatable bonds is 7. The number of ether oxygens (including phenoxy) is 1. The van der Waals surface area contributed by atoms with E-state index in [2.05, 4.69) is 21.7 Å². The van der Waals surface area contributed by atoms with Crippen molar-refractivity contribution in [2.24, 2.45) is 5.10 Å². The Labute approximate surface area is 193 Å². The Hall–Kier alpha value is -4.57. The summed E-state index contributed by atoms with van der Waals surface area (Å²) in [7, 11) is 5.13. The minimum Gasteiger partial charge on any atom is -0.495 e. The van der Waals surface area contributed by atoms with E-state index in [-0.39, 0.29) is 17.2 Å². The van der Waals surface area contributed by atoms with Crippen LogP contribution in [0.15, 0.2) is 71.8 Å². The summed E-state index contributed by atoms with van der Waals surface area (Å²) in [4.78, 5) is 25.9. The van der Waals surface area contributed by atoms with Crippen molar-refractivity contribution < 1.29 is 14.3 Å². The van der Waals surface area contributed by atoms with Crippen LogP contribution in [-0.4, -0.2) is 44.2 Å². The van der Waals surface area contributed by atoms with Crippen LogP contribution in [-0.2, 0) is 0 Å². The highest BCUT2D eigenvalue weighted by Gasteiger charge is 2.19. The lowest BCUT2D eigenvalue weighted by Crippen LogP contribution is -2.19. The number of benzene rings is 3. The topological polar surface area (TPSA) is 83.0 Å². The van der Waals surface area contributed by atoms with E-state index in [1.807, 2.05) is 14.1 Å². The lowest BCUT2D eigenvalue weighted by molar-refractivity contribution is 0.102. The van der Waals surface area contributed by atoms with Crippen LogP contribution in [0.5, 0.6) is 5.75 Å². The van der Waals surface area contributed by atoms with E-state index in [0.29, 0.717) is 22.6 Å². The van der Waals surface area contributed by atoms with Gasteiger partial charge in [0.1, 0.15) is 5.75 Å². The molecule has 0 aliphatic rings. The highest BCUT2D eigenvalue weighted by molar-refractivity contribution is 6.13. The number of amides is 2. The largest absolute Gasteiger partial charge is 0.495 e. The number of terminal acetylenes is 1. The number of carbonyl (C=O) groups is 2.